The minimum absolute atomic E-state index is 0.0203. The molecule has 1 aromatic carbocycles. The van der Waals surface area contributed by atoms with Gasteiger partial charge >= 0.3 is 0 Å². The summed E-state index contributed by atoms with van der Waals surface area (Å²) in [7, 11) is 0. The normalized spacial score (nSPS) is 20.6. The highest BCUT2D eigenvalue weighted by Gasteiger charge is 2.15. The van der Waals surface area contributed by atoms with Crippen molar-refractivity contribution in [3.8, 4) is 0 Å². The van der Waals surface area contributed by atoms with Crippen LogP contribution in [0.15, 0.2) is 36.4 Å². The summed E-state index contributed by atoms with van der Waals surface area (Å²) in [4.78, 5) is 11.0. The van der Waals surface area contributed by atoms with Crippen molar-refractivity contribution in [3.63, 3.8) is 0 Å². The predicted octanol–water partition coefficient (Wildman–Crippen LogP) is 1.94. The fourth-order valence-electron chi connectivity index (χ4n) is 1.50. The summed E-state index contributed by atoms with van der Waals surface area (Å²) in [5, 5.41) is 2.80. The largest absolute Gasteiger partial charge is 0.345 e. The predicted molar refractivity (Wildman–Crippen MR) is 51.0 cm³/mol. The van der Waals surface area contributed by atoms with Crippen LogP contribution in [0.25, 0.3) is 0 Å². The molecule has 3 heteroatoms. The van der Waals surface area contributed by atoms with Crippen molar-refractivity contribution in [2.24, 2.45) is 0 Å². The summed E-state index contributed by atoms with van der Waals surface area (Å²) in [5.74, 6) is -0.350. The third-order valence-corrected chi connectivity index (χ3v) is 2.23. The van der Waals surface area contributed by atoms with Gasteiger partial charge in [-0.2, -0.15) is 0 Å². The van der Waals surface area contributed by atoms with E-state index >= 15 is 0 Å². The maximum absolute atomic E-state index is 12.6. The zero-order valence-corrected chi connectivity index (χ0v) is 7.53. The lowest BCUT2D eigenvalue weighted by Crippen LogP contribution is -2.29. The number of nitrogens with one attached hydrogen (secondary N) is 1. The first kappa shape index (κ1) is 8.94. The van der Waals surface area contributed by atoms with Crippen molar-refractivity contribution < 1.29 is 9.18 Å². The average molecular weight is 191 g/mol. The summed E-state index contributed by atoms with van der Waals surface area (Å²) in [6.45, 7) is 0. The fourth-order valence-corrected chi connectivity index (χ4v) is 1.50. The highest BCUT2D eigenvalue weighted by Crippen LogP contribution is 2.19. The molecule has 1 amide bonds. The molecule has 0 radical (unpaired) electrons. The van der Waals surface area contributed by atoms with Gasteiger partial charge in [0, 0.05) is 0 Å². The molecular formula is C11H10FNO. The first-order valence-corrected chi connectivity index (χ1v) is 4.48. The van der Waals surface area contributed by atoms with Crippen molar-refractivity contribution in [3.05, 3.63) is 47.8 Å². The number of hydrogen-bond donors (Lipinski definition) is 1. The lowest BCUT2D eigenvalue weighted by molar-refractivity contribution is -0.117. The highest BCUT2D eigenvalue weighted by atomic mass is 19.1. The number of halogens is 1. The minimum atomic E-state index is -0.258. The van der Waals surface area contributed by atoms with Gasteiger partial charge in [0.2, 0.25) is 5.91 Å². The zero-order chi connectivity index (χ0) is 9.97. The van der Waals surface area contributed by atoms with Crippen LogP contribution in [0.1, 0.15) is 18.0 Å². The quantitative estimate of drug-likeness (QED) is 0.722. The Kier molecular flexibility index (Phi) is 2.31. The van der Waals surface area contributed by atoms with Crippen molar-refractivity contribution in [2.45, 2.75) is 12.5 Å². The van der Waals surface area contributed by atoms with Gasteiger partial charge in [-0.05, 0) is 30.2 Å². The smallest absolute Gasteiger partial charge is 0.244 e. The molecule has 14 heavy (non-hydrogen) atoms. The molecule has 1 N–H and O–H groups in total. The molecule has 0 aromatic heterocycles. The van der Waals surface area contributed by atoms with Crippen LogP contribution in [-0.2, 0) is 4.79 Å². The molecule has 1 aromatic rings. The van der Waals surface area contributed by atoms with Crippen LogP contribution in [0.4, 0.5) is 4.39 Å². The van der Waals surface area contributed by atoms with Gasteiger partial charge in [-0.15, -0.1) is 0 Å². The third-order valence-electron chi connectivity index (χ3n) is 2.23. The van der Waals surface area contributed by atoms with Gasteiger partial charge in [-0.25, -0.2) is 4.39 Å². The second kappa shape index (κ2) is 3.62. The van der Waals surface area contributed by atoms with E-state index in [1.165, 1.54) is 18.2 Å². The summed E-state index contributed by atoms with van der Waals surface area (Å²) in [6.07, 6.45) is 4.10. The van der Waals surface area contributed by atoms with Crippen LogP contribution >= 0.6 is 0 Å². The molecule has 0 unspecified atom stereocenters. The fraction of sp³-hybridized carbons (Fsp3) is 0.182. The second-order valence-electron chi connectivity index (χ2n) is 3.25. The van der Waals surface area contributed by atoms with Crippen LogP contribution in [0.5, 0.6) is 0 Å². The van der Waals surface area contributed by atoms with E-state index in [1.807, 2.05) is 6.08 Å². The third kappa shape index (κ3) is 1.82. The maximum Gasteiger partial charge on any atom is 0.244 e. The van der Waals surface area contributed by atoms with E-state index in [-0.39, 0.29) is 17.8 Å². The first-order chi connectivity index (χ1) is 6.75. The minimum Gasteiger partial charge on any atom is -0.345 e. The van der Waals surface area contributed by atoms with E-state index in [4.69, 9.17) is 0 Å². The lowest BCUT2D eigenvalue weighted by atomic mass is 10.0. The Balaban J connectivity index is 2.19. The number of amides is 1. The van der Waals surface area contributed by atoms with Gasteiger partial charge in [0.25, 0.3) is 0 Å². The Morgan fingerprint density at radius 2 is 2.00 bits per heavy atom. The second-order valence-corrected chi connectivity index (χ2v) is 3.25. The summed E-state index contributed by atoms with van der Waals surface area (Å²) < 4.78 is 12.6. The Morgan fingerprint density at radius 3 is 2.64 bits per heavy atom. The molecule has 1 aliphatic rings. The molecule has 0 fully saturated rings. The summed E-state index contributed by atoms with van der Waals surface area (Å²) in [6, 6.07) is 6.17. The molecule has 0 bridgehead atoms. The molecule has 1 atom stereocenters. The van der Waals surface area contributed by atoms with Gasteiger partial charge in [0.15, 0.2) is 0 Å². The number of rotatable bonds is 1. The molecule has 0 aliphatic carbocycles. The molecule has 1 heterocycles. The number of carbonyl (C=O) groups is 1. The van der Waals surface area contributed by atoms with E-state index < -0.39 is 0 Å². The van der Waals surface area contributed by atoms with E-state index in [2.05, 4.69) is 5.32 Å². The molecule has 72 valence electrons. The van der Waals surface area contributed by atoms with Gasteiger partial charge in [0.1, 0.15) is 5.82 Å². The van der Waals surface area contributed by atoms with E-state index in [1.54, 1.807) is 12.1 Å². The monoisotopic (exact) mass is 191 g/mol. The van der Waals surface area contributed by atoms with Crippen LogP contribution in [0.2, 0.25) is 0 Å². The molecule has 0 saturated carbocycles. The highest BCUT2D eigenvalue weighted by molar-refractivity contribution is 5.88. The molecule has 2 rings (SSSR count). The van der Waals surface area contributed by atoms with Gasteiger partial charge in [-0.3, -0.25) is 4.79 Å². The van der Waals surface area contributed by atoms with Gasteiger partial charge in [-0.1, -0.05) is 18.2 Å². The Hall–Kier alpha value is -1.64. The molecule has 1 aliphatic heterocycles. The lowest BCUT2D eigenvalue weighted by Gasteiger charge is -2.19. The van der Waals surface area contributed by atoms with Crippen LogP contribution < -0.4 is 5.32 Å². The average Bonchev–Trinajstić information content (AvgIpc) is 2.19. The number of hydrogen-bond acceptors (Lipinski definition) is 1. The van der Waals surface area contributed by atoms with Crippen molar-refractivity contribution in [2.75, 3.05) is 0 Å². The van der Waals surface area contributed by atoms with Gasteiger partial charge in [0.05, 0.1) is 6.04 Å². The van der Waals surface area contributed by atoms with E-state index in [9.17, 15) is 9.18 Å². The Bertz CT molecular complexity index is 369. The van der Waals surface area contributed by atoms with Crippen molar-refractivity contribution >= 4 is 5.91 Å². The molecular weight excluding hydrogens is 181 g/mol. The number of carbonyl (C=O) groups excluding carboxylic acids is 1. The SMILES string of the molecule is O=C1C=CC[C@@H](c2ccc(F)cc2)N1. The topological polar surface area (TPSA) is 29.1 Å². The van der Waals surface area contributed by atoms with Crippen LogP contribution in [0, 0.1) is 5.82 Å². The first-order valence-electron chi connectivity index (χ1n) is 4.48. The standard InChI is InChI=1S/C11H10FNO/c12-9-6-4-8(5-7-9)10-2-1-3-11(14)13-10/h1,3-7,10H,2H2,(H,13,14)/t10-/m0/s1. The van der Waals surface area contributed by atoms with Crippen molar-refractivity contribution in [1.82, 2.24) is 5.32 Å². The molecule has 2 nitrogen and oxygen atoms in total. The van der Waals surface area contributed by atoms with Crippen molar-refractivity contribution in [1.29, 1.82) is 0 Å². The molecule has 0 saturated heterocycles. The van der Waals surface area contributed by atoms with E-state index in [0.29, 0.717) is 0 Å². The molecule has 0 spiro atoms. The summed E-state index contributed by atoms with van der Waals surface area (Å²) >= 11 is 0. The Morgan fingerprint density at radius 1 is 1.29 bits per heavy atom. The van der Waals surface area contributed by atoms with Crippen LogP contribution in [-0.4, -0.2) is 5.91 Å². The van der Waals surface area contributed by atoms with Crippen LogP contribution in [0.3, 0.4) is 0 Å². The summed E-state index contributed by atoms with van der Waals surface area (Å²) in [5.41, 5.74) is 0.934. The van der Waals surface area contributed by atoms with Gasteiger partial charge < -0.3 is 5.32 Å². The maximum atomic E-state index is 12.6. The van der Waals surface area contributed by atoms with E-state index in [0.717, 1.165) is 12.0 Å². The number of benzene rings is 1. The zero-order valence-electron chi connectivity index (χ0n) is 7.53. The Labute approximate surface area is 81.4 Å².